The molecule has 4 aliphatic heterocycles. The molecule has 31 nitrogen and oxygen atoms in total. The van der Waals surface area contributed by atoms with Crippen molar-refractivity contribution < 1.29 is 141 Å². The fraction of sp³-hybridized carbons (Fsp3) is 0.321. The van der Waals surface area contributed by atoms with Crippen molar-refractivity contribution in [2.45, 2.75) is 125 Å². The van der Waals surface area contributed by atoms with Gasteiger partial charge in [0.25, 0.3) is 42.6 Å². The van der Waals surface area contributed by atoms with Gasteiger partial charge in [0, 0.05) is 64.3 Å². The van der Waals surface area contributed by atoms with Crippen LogP contribution in [0.5, 0.6) is 0 Å². The number of ether oxygens (including phenoxy) is 5. The third-order valence-electron chi connectivity index (χ3n) is 18.3. The molecule has 15 N–H and O–H groups in total. The van der Waals surface area contributed by atoms with Crippen LogP contribution in [-0.2, 0) is 30.1 Å². The number of ketones is 4. The number of aliphatic hydroxyl groups is 12. The molecule has 111 heavy (non-hydrogen) atoms. The number of halogens is 2. The minimum Gasteiger partial charge on any atom is -0.497 e. The van der Waals surface area contributed by atoms with Crippen molar-refractivity contribution in [1.29, 1.82) is 0 Å². The van der Waals surface area contributed by atoms with Gasteiger partial charge in [-0.1, -0.05) is 48.5 Å². The lowest BCUT2D eigenvalue weighted by atomic mass is 10.0. The molecule has 0 aliphatic carbocycles. The number of amides is 3. The second-order valence-corrected chi connectivity index (χ2v) is 26.4. The quantitative estimate of drug-likeness (QED) is 0.0260. The Hall–Kier alpha value is -10.3. The number of nitrogens with zero attached hydrogens (tertiary/aromatic N) is 4. The highest BCUT2D eigenvalue weighted by molar-refractivity contribution is 6.32. The van der Waals surface area contributed by atoms with Crippen molar-refractivity contribution in [3.63, 3.8) is 0 Å². The number of hydrogen-bond acceptors (Lipinski definition) is 24. The minimum absolute atomic E-state index is 0.0637. The third kappa shape index (κ3) is 20.8. The van der Waals surface area contributed by atoms with Crippen molar-refractivity contribution in [1.82, 2.24) is 0 Å². The van der Waals surface area contributed by atoms with Crippen LogP contribution in [0.1, 0.15) is 129 Å². The first-order chi connectivity index (χ1) is 53.0. The number of benzene rings is 4. The maximum Gasteiger partial charge on any atom is 0.292 e. The topological polar surface area (TPSA) is 460 Å². The Morgan fingerprint density at radius 2 is 0.784 bits per heavy atom. The third-order valence-corrected chi connectivity index (χ3v) is 18.6. The van der Waals surface area contributed by atoms with E-state index in [-0.39, 0.29) is 46.4 Å². The molecule has 4 aliphatic rings. The zero-order chi connectivity index (χ0) is 80.7. The number of carbonyl (C=O) groups excluding carboxylic acids is 7. The number of aliphatic hydroxyl groups excluding tert-OH is 12. The fourth-order valence-electron chi connectivity index (χ4n) is 12.0. The van der Waals surface area contributed by atoms with Crippen molar-refractivity contribution in [2.24, 2.45) is 0 Å². The molecule has 0 unspecified atom stereocenters. The van der Waals surface area contributed by atoms with E-state index in [1.807, 2.05) is 0 Å². The van der Waals surface area contributed by atoms with Gasteiger partial charge in [0.2, 0.25) is 0 Å². The zero-order valence-corrected chi connectivity index (χ0v) is 60.9. The van der Waals surface area contributed by atoms with Crippen molar-refractivity contribution in [2.75, 3.05) is 49.5 Å². The van der Waals surface area contributed by atoms with E-state index >= 15 is 0 Å². The van der Waals surface area contributed by atoms with E-state index in [0.29, 0.717) is 55.5 Å². The van der Waals surface area contributed by atoms with E-state index in [2.05, 4.69) is 22.5 Å². The molecule has 4 aromatic heterocycles. The smallest absolute Gasteiger partial charge is 0.292 e. The first kappa shape index (κ1) is 84.7. The Morgan fingerprint density at radius 3 is 1.15 bits per heavy atom. The molecule has 16 atom stereocenters. The number of pyridine rings is 4. The molecule has 4 aromatic carbocycles. The summed E-state index contributed by atoms with van der Waals surface area (Å²) in [7, 11) is 1.49. The van der Waals surface area contributed by atoms with Gasteiger partial charge in [-0.25, -0.2) is 4.39 Å². The van der Waals surface area contributed by atoms with Gasteiger partial charge < -0.3 is 101 Å². The molecule has 4 saturated heterocycles. The number of Topliss-reactive ketones (excluding diaryl/α,β-unsaturated/α-hetero) is 4. The average Bonchev–Trinajstić information content (AvgIpc) is 1.69. The standard InChI is InChI=1S/C20H21ClN2O6.C20H22NO6.C19H19FN2O6.C19H20N2O6/c1-11(28-2)14-6-5-13(8-15(14)21)22-19(27)12-4-3-7-23(9-12)20-18(26)17(25)16(10-24)29-20;1-12(23)14-5-2-4-13(8-14)9-16(24)15-6-3-7-21(10-15)20-19(26)18(25)17(11-22)27-20;1-10(24)11-4-5-14(13(20)7-11)21-18(27)12-3-2-6-22(8-12)19-17(26)16(25)15(9-23)28-19;1-11(23)12-4-2-6-14(8-12)20-18(26)13-5-3-7-21(9-13)19-17(25)16(24)15(10-22)27-19/h3-9,16-18,20,24-26H,1,10H2,2H3;2-8,10,17-20,22,25-26H,9,11H2,1H3;2-8,15-17,19,23,25-26H,9H2,1H3;2-9,15-17,19,22,24-25H,10H2,1H3/q;+1;;/p+3/t16-,17-,18-,20-;17-,18-,19-,20-;2*15-,16-,17-,19-/m1111/s1. The van der Waals surface area contributed by atoms with Crippen molar-refractivity contribution >= 4 is 75.3 Å². The van der Waals surface area contributed by atoms with Gasteiger partial charge in [-0.2, -0.15) is 18.3 Å². The van der Waals surface area contributed by atoms with Crippen LogP contribution in [-0.4, -0.2) is 209 Å². The number of carbonyl (C=O) groups is 7. The highest BCUT2D eigenvalue weighted by Gasteiger charge is 2.51. The molecule has 0 saturated carbocycles. The molecule has 8 aromatic rings. The summed E-state index contributed by atoms with van der Waals surface area (Å²) in [5, 5.41) is 125. The van der Waals surface area contributed by atoms with Gasteiger partial charge in [-0.05, 0) is 105 Å². The van der Waals surface area contributed by atoms with Gasteiger partial charge in [0.05, 0.1) is 49.8 Å². The van der Waals surface area contributed by atoms with E-state index in [1.165, 1.54) is 101 Å². The highest BCUT2D eigenvalue weighted by atomic mass is 35.5. The predicted molar refractivity (Wildman–Crippen MR) is 387 cm³/mol. The molecule has 8 heterocycles. The zero-order valence-electron chi connectivity index (χ0n) is 60.1. The van der Waals surface area contributed by atoms with Crippen LogP contribution in [0.2, 0.25) is 5.02 Å². The molecule has 0 spiro atoms. The van der Waals surface area contributed by atoms with E-state index in [4.69, 9.17) is 35.3 Å². The summed E-state index contributed by atoms with van der Waals surface area (Å²) >= 11 is 6.22. The number of hydrogen-bond donors (Lipinski definition) is 15. The highest BCUT2D eigenvalue weighted by Crippen LogP contribution is 2.31. The summed E-state index contributed by atoms with van der Waals surface area (Å²) < 4.78 is 46.8. The number of methoxy groups -OCH3 is 1. The molecule has 12 rings (SSSR count). The van der Waals surface area contributed by atoms with E-state index in [9.17, 15) is 99.2 Å². The number of nitrogens with one attached hydrogen (secondary N) is 3. The van der Waals surface area contributed by atoms with Crippen LogP contribution in [0.15, 0.2) is 190 Å². The summed E-state index contributed by atoms with van der Waals surface area (Å²) in [4.78, 5) is 84.5. The molecule has 0 bridgehead atoms. The van der Waals surface area contributed by atoms with Crippen molar-refractivity contribution in [3.05, 3.63) is 251 Å². The summed E-state index contributed by atoms with van der Waals surface area (Å²) in [6.07, 6.45) is -4.95. The molecular formula is C78H85ClFN7O24+4. The Bertz CT molecular complexity index is 4550. The SMILES string of the molecule is C=C(OC)c1ccc(NC(=O)c2ccc[n+]([C@@H]3O[C@H](CO)[C@@H](O)[C@H]3O)c2)cc1Cl.CC(=O)c1ccc(NC(=O)c2ccc[n+]([C@@H]3O[C@H](CO)[C@@H](O)[C@H]3O)c2)c(F)c1.CC(=O)c1cccc(CC(=O)c2ccc[n+]([C@@H]3O[C@H](CO)[C@@H](O)[C@H]3O)c2)c1.CC(=O)c1cccc(NC(=O)c2ccc[n+]([C@@H]3O[C@H](CO)[C@@H](O)[C@H]3O)c2)c1. The first-order valence-corrected chi connectivity index (χ1v) is 34.9. The number of aromatic nitrogens is 4. The monoisotopic (exact) mass is 1560 g/mol. The second kappa shape index (κ2) is 38.6. The molecule has 0 radical (unpaired) electrons. The molecule has 3 amide bonds. The lowest BCUT2D eigenvalue weighted by molar-refractivity contribution is -0.766. The molecular weight excluding hydrogens is 1470 g/mol. The summed E-state index contributed by atoms with van der Waals surface area (Å²) in [5.41, 5.74) is 4.61. The minimum atomic E-state index is -1.29. The van der Waals surface area contributed by atoms with Gasteiger partial charge in [0.15, 0.2) is 97.1 Å². The van der Waals surface area contributed by atoms with Crippen molar-refractivity contribution in [3.8, 4) is 0 Å². The molecule has 4 fully saturated rings. The Morgan fingerprint density at radius 1 is 0.432 bits per heavy atom. The molecule has 33 heteroatoms. The summed E-state index contributed by atoms with van der Waals surface area (Å²) in [5.74, 6) is -2.37. The summed E-state index contributed by atoms with van der Waals surface area (Å²) in [6, 6.07) is 34.9. The van der Waals surface area contributed by atoms with Gasteiger partial charge in [-0.15, -0.1) is 0 Å². The van der Waals surface area contributed by atoms with Crippen LogP contribution in [0, 0.1) is 5.82 Å². The first-order valence-electron chi connectivity index (χ1n) is 34.5. The Kier molecular flexibility index (Phi) is 29.4. The van der Waals surface area contributed by atoms with Crippen LogP contribution in [0.25, 0.3) is 5.76 Å². The largest absolute Gasteiger partial charge is 0.497 e. The van der Waals surface area contributed by atoms with Crippen LogP contribution in [0.3, 0.4) is 0 Å². The van der Waals surface area contributed by atoms with Crippen LogP contribution >= 0.6 is 11.6 Å². The van der Waals surface area contributed by atoms with Crippen LogP contribution in [0.4, 0.5) is 21.5 Å². The Labute approximate surface area is 639 Å². The van der Waals surface area contributed by atoms with Crippen LogP contribution < -0.4 is 34.2 Å². The van der Waals surface area contributed by atoms with Gasteiger partial charge in [0.1, 0.15) is 77.1 Å². The number of rotatable bonds is 22. The van der Waals surface area contributed by atoms with E-state index in [1.54, 1.807) is 122 Å². The lowest BCUT2D eigenvalue weighted by Gasteiger charge is -2.11. The number of anilines is 3. The summed E-state index contributed by atoms with van der Waals surface area (Å²) in [6.45, 7) is 6.24. The normalized spacial score (nSPS) is 24.3. The predicted octanol–water partition coefficient (Wildman–Crippen LogP) is 1.54. The van der Waals surface area contributed by atoms with Gasteiger partial charge in [-0.3, -0.25) is 33.6 Å². The van der Waals surface area contributed by atoms with E-state index < -0.39 is 148 Å². The van der Waals surface area contributed by atoms with E-state index in [0.717, 1.165) is 11.6 Å². The molecule has 586 valence electrons. The lowest BCUT2D eigenvalue weighted by Crippen LogP contribution is -2.46. The Balaban J connectivity index is 0.000000170. The second-order valence-electron chi connectivity index (χ2n) is 26.0. The maximum atomic E-state index is 14.1. The van der Waals surface area contributed by atoms with Gasteiger partial charge >= 0.3 is 0 Å². The average molecular weight is 1560 g/mol. The maximum absolute atomic E-state index is 14.1. The fourth-order valence-corrected chi connectivity index (χ4v) is 12.3.